The minimum Gasteiger partial charge on any atom is -0.333 e. The molecule has 108 valence electrons. The Morgan fingerprint density at radius 3 is 2.81 bits per heavy atom. The first-order chi connectivity index (χ1) is 10.1. The van der Waals surface area contributed by atoms with Crippen LogP contribution in [-0.2, 0) is 11.3 Å². The molecule has 2 heterocycles. The topological polar surface area (TPSA) is 20.3 Å². The van der Waals surface area contributed by atoms with E-state index in [4.69, 9.17) is 23.2 Å². The van der Waals surface area contributed by atoms with Gasteiger partial charge in [0.2, 0.25) is 5.91 Å². The summed E-state index contributed by atoms with van der Waals surface area (Å²) >= 11 is 14.0. The molecule has 2 nitrogen and oxygen atoms in total. The molecule has 1 atom stereocenters. The average molecular weight is 338 g/mol. The number of thiophene rings is 1. The minimum absolute atomic E-state index is 0.0510. The first-order valence-electron chi connectivity index (χ1n) is 6.54. The van der Waals surface area contributed by atoms with E-state index in [2.05, 4.69) is 6.58 Å². The predicted octanol–water partition coefficient (Wildman–Crippen LogP) is 4.72. The fourth-order valence-corrected chi connectivity index (χ4v) is 4.33. The molecule has 0 spiro atoms. The molecule has 0 unspecified atom stereocenters. The van der Waals surface area contributed by atoms with Crippen LogP contribution in [0.3, 0.4) is 0 Å². The number of halogens is 2. The van der Waals surface area contributed by atoms with Crippen molar-refractivity contribution < 1.29 is 4.79 Å². The summed E-state index contributed by atoms with van der Waals surface area (Å²) in [7, 11) is 0. The van der Waals surface area contributed by atoms with Crippen LogP contribution in [0.4, 0.5) is 0 Å². The van der Waals surface area contributed by atoms with E-state index in [1.165, 1.54) is 23.0 Å². The highest BCUT2D eigenvalue weighted by atomic mass is 35.5. The van der Waals surface area contributed by atoms with Crippen LogP contribution < -0.4 is 0 Å². The van der Waals surface area contributed by atoms with Gasteiger partial charge in [-0.25, -0.2) is 0 Å². The third-order valence-electron chi connectivity index (χ3n) is 3.69. The predicted molar refractivity (Wildman–Crippen MR) is 88.2 cm³/mol. The quantitative estimate of drug-likeness (QED) is 0.726. The molecule has 1 aromatic carbocycles. The van der Waals surface area contributed by atoms with Gasteiger partial charge in [0.05, 0.1) is 10.9 Å². The second-order valence-electron chi connectivity index (χ2n) is 4.93. The molecule has 21 heavy (non-hydrogen) atoms. The number of hydrogen-bond acceptors (Lipinski definition) is 2. The molecule has 1 aromatic heterocycles. The summed E-state index contributed by atoms with van der Waals surface area (Å²) in [5.41, 5.74) is 2.20. The SMILES string of the molecule is C=CC(=O)N1Cc2sc(Cl)cc2[C@H](c2ccccc2Cl)C1. The van der Waals surface area contributed by atoms with Crippen LogP contribution in [0.15, 0.2) is 43.0 Å². The maximum Gasteiger partial charge on any atom is 0.246 e. The Balaban J connectivity index is 2.08. The van der Waals surface area contributed by atoms with E-state index in [0.717, 1.165) is 14.8 Å². The Morgan fingerprint density at radius 1 is 1.33 bits per heavy atom. The third kappa shape index (κ3) is 2.73. The molecule has 1 aliphatic rings. The summed E-state index contributed by atoms with van der Waals surface area (Å²) < 4.78 is 0.741. The molecule has 2 aromatic rings. The Labute approximate surface area is 137 Å². The fraction of sp³-hybridized carbons (Fsp3) is 0.188. The molecule has 0 saturated carbocycles. The van der Waals surface area contributed by atoms with Crippen LogP contribution in [-0.4, -0.2) is 17.4 Å². The van der Waals surface area contributed by atoms with Gasteiger partial charge in [-0.05, 0) is 29.3 Å². The van der Waals surface area contributed by atoms with Crippen molar-refractivity contribution in [2.24, 2.45) is 0 Å². The molecule has 0 radical (unpaired) electrons. The summed E-state index contributed by atoms with van der Waals surface area (Å²) in [5.74, 6) is -0.0164. The number of carbonyl (C=O) groups is 1. The molecule has 5 heteroatoms. The average Bonchev–Trinajstić information content (AvgIpc) is 2.86. The molecular formula is C16H13Cl2NOS. The summed E-state index contributed by atoms with van der Waals surface area (Å²) in [6, 6.07) is 9.74. The first kappa shape index (κ1) is 14.6. The number of benzene rings is 1. The number of fused-ring (bicyclic) bond motifs is 1. The normalized spacial score (nSPS) is 17.4. The van der Waals surface area contributed by atoms with Crippen LogP contribution in [0.5, 0.6) is 0 Å². The number of amides is 1. The van der Waals surface area contributed by atoms with Crippen molar-refractivity contribution in [3.8, 4) is 0 Å². The van der Waals surface area contributed by atoms with E-state index in [-0.39, 0.29) is 11.8 Å². The number of carbonyl (C=O) groups excluding carboxylic acids is 1. The zero-order chi connectivity index (χ0) is 15.0. The smallest absolute Gasteiger partial charge is 0.246 e. The second kappa shape index (κ2) is 5.84. The molecule has 1 aliphatic heterocycles. The van der Waals surface area contributed by atoms with E-state index in [1.54, 1.807) is 4.90 Å². The standard InChI is InChI=1S/C16H13Cl2NOS/c1-2-16(20)19-8-12(10-5-3-4-6-13(10)17)11-7-15(18)21-14(11)9-19/h2-7,12H,1,8-9H2/t12-/m0/s1. The number of nitrogens with zero attached hydrogens (tertiary/aromatic N) is 1. The summed E-state index contributed by atoms with van der Waals surface area (Å²) in [6.07, 6.45) is 1.35. The van der Waals surface area contributed by atoms with Crippen molar-refractivity contribution in [3.05, 3.63) is 68.3 Å². The highest BCUT2D eigenvalue weighted by molar-refractivity contribution is 7.16. The largest absolute Gasteiger partial charge is 0.333 e. The Hall–Kier alpha value is -1.29. The Kier molecular flexibility index (Phi) is 4.07. The van der Waals surface area contributed by atoms with Crippen molar-refractivity contribution in [2.45, 2.75) is 12.5 Å². The number of rotatable bonds is 2. The molecular weight excluding hydrogens is 325 g/mol. The van der Waals surface area contributed by atoms with Crippen molar-refractivity contribution >= 4 is 40.4 Å². The van der Waals surface area contributed by atoms with Crippen LogP contribution in [0, 0.1) is 0 Å². The minimum atomic E-state index is -0.0674. The maximum atomic E-state index is 12.0. The Bertz CT molecular complexity index is 710. The van der Waals surface area contributed by atoms with E-state index in [0.29, 0.717) is 18.1 Å². The fourth-order valence-electron chi connectivity index (χ4n) is 2.70. The van der Waals surface area contributed by atoms with Gasteiger partial charge < -0.3 is 4.90 Å². The lowest BCUT2D eigenvalue weighted by atomic mass is 9.88. The van der Waals surface area contributed by atoms with Gasteiger partial charge in [0.25, 0.3) is 0 Å². The summed E-state index contributed by atoms with van der Waals surface area (Å²) in [6.45, 7) is 4.75. The highest BCUT2D eigenvalue weighted by Gasteiger charge is 2.31. The molecule has 0 aliphatic carbocycles. The van der Waals surface area contributed by atoms with E-state index < -0.39 is 0 Å². The number of hydrogen-bond donors (Lipinski definition) is 0. The third-order valence-corrected chi connectivity index (χ3v) is 5.30. The molecule has 3 rings (SSSR count). The highest BCUT2D eigenvalue weighted by Crippen LogP contribution is 2.41. The maximum absolute atomic E-state index is 12.0. The lowest BCUT2D eigenvalue weighted by Gasteiger charge is -2.32. The van der Waals surface area contributed by atoms with Crippen molar-refractivity contribution in [3.63, 3.8) is 0 Å². The van der Waals surface area contributed by atoms with E-state index in [9.17, 15) is 4.79 Å². The molecule has 0 bridgehead atoms. The van der Waals surface area contributed by atoms with Crippen molar-refractivity contribution in [1.29, 1.82) is 0 Å². The lowest BCUT2D eigenvalue weighted by Crippen LogP contribution is -2.37. The summed E-state index contributed by atoms with van der Waals surface area (Å²) in [5, 5.41) is 0.712. The van der Waals surface area contributed by atoms with Gasteiger partial charge in [-0.2, -0.15) is 0 Å². The van der Waals surface area contributed by atoms with Gasteiger partial charge in [0.15, 0.2) is 0 Å². The van der Waals surface area contributed by atoms with Gasteiger partial charge >= 0.3 is 0 Å². The van der Waals surface area contributed by atoms with Crippen LogP contribution in [0.2, 0.25) is 9.36 Å². The first-order valence-corrected chi connectivity index (χ1v) is 8.11. The van der Waals surface area contributed by atoms with Crippen LogP contribution >= 0.6 is 34.5 Å². The lowest BCUT2D eigenvalue weighted by molar-refractivity contribution is -0.127. The second-order valence-corrected chi connectivity index (χ2v) is 7.10. The molecule has 0 saturated heterocycles. The Morgan fingerprint density at radius 2 is 2.10 bits per heavy atom. The van der Waals surface area contributed by atoms with Crippen molar-refractivity contribution in [1.82, 2.24) is 4.90 Å². The van der Waals surface area contributed by atoms with Gasteiger partial charge in [-0.15, -0.1) is 11.3 Å². The van der Waals surface area contributed by atoms with Crippen LogP contribution in [0.25, 0.3) is 0 Å². The van der Waals surface area contributed by atoms with Gasteiger partial charge in [0, 0.05) is 22.4 Å². The molecule has 1 amide bonds. The molecule has 0 fully saturated rings. The van der Waals surface area contributed by atoms with Gasteiger partial charge in [-0.3, -0.25) is 4.79 Å². The van der Waals surface area contributed by atoms with E-state index in [1.807, 2.05) is 30.3 Å². The monoisotopic (exact) mass is 337 g/mol. The zero-order valence-electron chi connectivity index (χ0n) is 11.2. The molecule has 0 N–H and O–H groups in total. The van der Waals surface area contributed by atoms with E-state index >= 15 is 0 Å². The van der Waals surface area contributed by atoms with Crippen molar-refractivity contribution in [2.75, 3.05) is 6.54 Å². The van der Waals surface area contributed by atoms with Crippen LogP contribution in [0.1, 0.15) is 21.9 Å². The van der Waals surface area contributed by atoms with Gasteiger partial charge in [-0.1, -0.05) is 48.0 Å². The summed E-state index contributed by atoms with van der Waals surface area (Å²) in [4.78, 5) is 14.9. The zero-order valence-corrected chi connectivity index (χ0v) is 13.5. The van der Waals surface area contributed by atoms with Gasteiger partial charge in [0.1, 0.15) is 0 Å².